The highest BCUT2D eigenvalue weighted by Crippen LogP contribution is 2.24. The maximum atomic E-state index is 13.0. The lowest BCUT2D eigenvalue weighted by Crippen LogP contribution is -2.43. The molecule has 1 fully saturated rings. The molecule has 160 valence electrons. The Morgan fingerprint density at radius 3 is 2.52 bits per heavy atom. The average molecular weight is 416 g/mol. The third kappa shape index (κ3) is 4.88. The SMILES string of the molecule is CCCC(NC(=O)c1cccc2ccccc12)C(=O)Nc1cccc(N2CCCC2)c1. The highest BCUT2D eigenvalue weighted by Gasteiger charge is 2.22. The van der Waals surface area contributed by atoms with Crippen molar-refractivity contribution in [2.45, 2.75) is 38.6 Å². The first-order valence-corrected chi connectivity index (χ1v) is 11.1. The summed E-state index contributed by atoms with van der Waals surface area (Å²) in [5, 5.41) is 7.85. The van der Waals surface area contributed by atoms with Gasteiger partial charge in [-0.15, -0.1) is 0 Å². The van der Waals surface area contributed by atoms with Crippen LogP contribution in [0.5, 0.6) is 0 Å². The molecule has 2 amide bonds. The van der Waals surface area contributed by atoms with Gasteiger partial charge >= 0.3 is 0 Å². The van der Waals surface area contributed by atoms with Crippen molar-refractivity contribution in [1.29, 1.82) is 0 Å². The molecule has 3 aromatic carbocycles. The number of benzene rings is 3. The number of carbonyl (C=O) groups excluding carboxylic acids is 2. The molecule has 1 atom stereocenters. The molecule has 0 aromatic heterocycles. The van der Waals surface area contributed by atoms with E-state index in [2.05, 4.69) is 21.6 Å². The number of hydrogen-bond donors (Lipinski definition) is 2. The second-order valence-electron chi connectivity index (χ2n) is 8.08. The molecule has 3 aromatic rings. The lowest BCUT2D eigenvalue weighted by molar-refractivity contribution is -0.118. The molecule has 1 saturated heterocycles. The van der Waals surface area contributed by atoms with E-state index in [0.29, 0.717) is 12.0 Å². The molecule has 0 radical (unpaired) electrons. The van der Waals surface area contributed by atoms with E-state index in [4.69, 9.17) is 0 Å². The predicted octanol–water partition coefficient (Wildman–Crippen LogP) is 4.98. The average Bonchev–Trinajstić information content (AvgIpc) is 3.33. The van der Waals surface area contributed by atoms with Gasteiger partial charge in [0.15, 0.2) is 0 Å². The Bertz CT molecular complexity index is 1070. The zero-order chi connectivity index (χ0) is 21.6. The van der Waals surface area contributed by atoms with Gasteiger partial charge in [0, 0.05) is 30.0 Å². The van der Waals surface area contributed by atoms with Crippen LogP contribution in [0, 0.1) is 0 Å². The fourth-order valence-electron chi connectivity index (χ4n) is 4.20. The van der Waals surface area contributed by atoms with Gasteiger partial charge in [0.1, 0.15) is 6.04 Å². The summed E-state index contributed by atoms with van der Waals surface area (Å²) in [7, 11) is 0. The topological polar surface area (TPSA) is 61.4 Å². The summed E-state index contributed by atoms with van der Waals surface area (Å²) in [6.45, 7) is 4.12. The molecule has 31 heavy (non-hydrogen) atoms. The van der Waals surface area contributed by atoms with Gasteiger partial charge in [0.05, 0.1) is 0 Å². The fourth-order valence-corrected chi connectivity index (χ4v) is 4.20. The first kappa shape index (κ1) is 20.9. The molecule has 0 bridgehead atoms. The number of nitrogens with zero attached hydrogens (tertiary/aromatic N) is 1. The molecule has 4 rings (SSSR count). The minimum atomic E-state index is -0.591. The van der Waals surface area contributed by atoms with E-state index in [9.17, 15) is 9.59 Å². The van der Waals surface area contributed by atoms with Crippen LogP contribution in [0.2, 0.25) is 0 Å². The van der Waals surface area contributed by atoms with Crippen molar-refractivity contribution in [2.75, 3.05) is 23.3 Å². The maximum absolute atomic E-state index is 13.0. The van der Waals surface area contributed by atoms with Crippen LogP contribution in [0.1, 0.15) is 43.0 Å². The van der Waals surface area contributed by atoms with Crippen molar-refractivity contribution in [2.24, 2.45) is 0 Å². The van der Waals surface area contributed by atoms with Crippen LogP contribution in [0.3, 0.4) is 0 Å². The highest BCUT2D eigenvalue weighted by molar-refractivity contribution is 6.09. The van der Waals surface area contributed by atoms with E-state index in [1.807, 2.05) is 61.5 Å². The standard InChI is InChI=1S/C26H29N3O2/c1-2-9-24(28-25(30)23-15-7-11-19-10-3-4-14-22(19)23)26(31)27-20-12-8-13-21(18-20)29-16-5-6-17-29/h3-4,7-8,10-15,18,24H,2,5-6,9,16-17H2,1H3,(H,27,31)(H,28,30). The first-order valence-electron chi connectivity index (χ1n) is 11.1. The van der Waals surface area contributed by atoms with Crippen molar-refractivity contribution >= 4 is 34.0 Å². The minimum absolute atomic E-state index is 0.186. The fraction of sp³-hybridized carbons (Fsp3) is 0.308. The number of amides is 2. The summed E-state index contributed by atoms with van der Waals surface area (Å²) in [5.74, 6) is -0.412. The third-order valence-corrected chi connectivity index (χ3v) is 5.82. The lowest BCUT2D eigenvalue weighted by atomic mass is 10.0. The quantitative estimate of drug-likeness (QED) is 0.572. The van der Waals surface area contributed by atoms with Gasteiger partial charge in [-0.1, -0.05) is 55.8 Å². The van der Waals surface area contributed by atoms with E-state index in [0.717, 1.165) is 41.7 Å². The Kier molecular flexibility index (Phi) is 6.51. The van der Waals surface area contributed by atoms with Gasteiger partial charge in [-0.3, -0.25) is 9.59 Å². The molecule has 0 saturated carbocycles. The van der Waals surface area contributed by atoms with Crippen LogP contribution >= 0.6 is 0 Å². The zero-order valence-corrected chi connectivity index (χ0v) is 17.9. The monoisotopic (exact) mass is 415 g/mol. The van der Waals surface area contributed by atoms with Gasteiger partial charge in [-0.05, 0) is 54.3 Å². The van der Waals surface area contributed by atoms with Gasteiger partial charge in [0.25, 0.3) is 5.91 Å². The molecule has 0 aliphatic carbocycles. The van der Waals surface area contributed by atoms with Crippen LogP contribution in [-0.2, 0) is 4.79 Å². The minimum Gasteiger partial charge on any atom is -0.371 e. The second-order valence-corrected chi connectivity index (χ2v) is 8.08. The Morgan fingerprint density at radius 1 is 0.968 bits per heavy atom. The van der Waals surface area contributed by atoms with Crippen LogP contribution in [0.4, 0.5) is 11.4 Å². The Balaban J connectivity index is 1.48. The number of fused-ring (bicyclic) bond motifs is 1. The van der Waals surface area contributed by atoms with E-state index < -0.39 is 6.04 Å². The normalized spacial score (nSPS) is 14.4. The molecule has 1 heterocycles. The predicted molar refractivity (Wildman–Crippen MR) is 127 cm³/mol. The molecule has 0 spiro atoms. The first-order chi connectivity index (χ1) is 15.2. The van der Waals surface area contributed by atoms with Crippen LogP contribution < -0.4 is 15.5 Å². The second kappa shape index (κ2) is 9.65. The number of anilines is 2. The largest absolute Gasteiger partial charge is 0.371 e. The molecule has 1 aliphatic heterocycles. The Hall–Kier alpha value is -3.34. The number of hydrogen-bond acceptors (Lipinski definition) is 3. The van der Waals surface area contributed by atoms with E-state index in [-0.39, 0.29) is 11.8 Å². The van der Waals surface area contributed by atoms with Crippen LogP contribution in [0.15, 0.2) is 66.7 Å². The zero-order valence-electron chi connectivity index (χ0n) is 17.9. The van der Waals surface area contributed by atoms with Crippen molar-refractivity contribution in [3.8, 4) is 0 Å². The van der Waals surface area contributed by atoms with Gasteiger partial charge in [-0.2, -0.15) is 0 Å². The summed E-state index contributed by atoms with van der Waals surface area (Å²) >= 11 is 0. The summed E-state index contributed by atoms with van der Waals surface area (Å²) in [4.78, 5) is 28.4. The smallest absolute Gasteiger partial charge is 0.252 e. The van der Waals surface area contributed by atoms with Gasteiger partial charge < -0.3 is 15.5 Å². The summed E-state index contributed by atoms with van der Waals surface area (Å²) in [5.41, 5.74) is 2.47. The van der Waals surface area contributed by atoms with Crippen molar-refractivity contribution in [3.05, 3.63) is 72.3 Å². The third-order valence-electron chi connectivity index (χ3n) is 5.82. The molecule has 5 heteroatoms. The van der Waals surface area contributed by atoms with Crippen molar-refractivity contribution < 1.29 is 9.59 Å². The Morgan fingerprint density at radius 2 is 1.71 bits per heavy atom. The molecular weight excluding hydrogens is 386 g/mol. The molecule has 2 N–H and O–H groups in total. The van der Waals surface area contributed by atoms with E-state index >= 15 is 0 Å². The summed E-state index contributed by atoms with van der Waals surface area (Å²) in [6, 6.07) is 20.8. The van der Waals surface area contributed by atoms with Gasteiger partial charge in [0.2, 0.25) is 5.91 Å². The molecule has 1 aliphatic rings. The van der Waals surface area contributed by atoms with Gasteiger partial charge in [-0.25, -0.2) is 0 Å². The molecule has 1 unspecified atom stereocenters. The van der Waals surface area contributed by atoms with Crippen LogP contribution in [0.25, 0.3) is 10.8 Å². The Labute approximate surface area is 183 Å². The molecule has 5 nitrogen and oxygen atoms in total. The highest BCUT2D eigenvalue weighted by atomic mass is 16.2. The molecular formula is C26H29N3O2. The number of nitrogens with one attached hydrogen (secondary N) is 2. The summed E-state index contributed by atoms with van der Waals surface area (Å²) < 4.78 is 0. The summed E-state index contributed by atoms with van der Waals surface area (Å²) in [6.07, 6.45) is 3.78. The van der Waals surface area contributed by atoms with Crippen LogP contribution in [-0.4, -0.2) is 30.9 Å². The maximum Gasteiger partial charge on any atom is 0.252 e. The van der Waals surface area contributed by atoms with Crippen molar-refractivity contribution in [3.63, 3.8) is 0 Å². The van der Waals surface area contributed by atoms with E-state index in [1.165, 1.54) is 12.8 Å². The van der Waals surface area contributed by atoms with E-state index in [1.54, 1.807) is 6.07 Å². The lowest BCUT2D eigenvalue weighted by Gasteiger charge is -2.21. The number of carbonyl (C=O) groups is 2. The van der Waals surface area contributed by atoms with Crippen molar-refractivity contribution in [1.82, 2.24) is 5.32 Å². The number of rotatable bonds is 7.